The zero-order valence-electron chi connectivity index (χ0n) is 12.3. The van der Waals surface area contributed by atoms with Gasteiger partial charge in [0.25, 0.3) is 0 Å². The molecule has 1 rings (SSSR count). The SMILES string of the molecule is Cc1ccc(NC(=O)C(=O)NC[C@H](O)CN(C)C)cc1F. The van der Waals surface area contributed by atoms with Crippen molar-refractivity contribution in [1.29, 1.82) is 0 Å². The van der Waals surface area contributed by atoms with E-state index in [1.807, 2.05) is 0 Å². The minimum absolute atomic E-state index is 0.0350. The lowest BCUT2D eigenvalue weighted by Gasteiger charge is -2.16. The third-order valence-electron chi connectivity index (χ3n) is 2.71. The van der Waals surface area contributed by atoms with Gasteiger partial charge in [0.15, 0.2) is 0 Å². The molecule has 2 amide bonds. The Kier molecular flexibility index (Phi) is 6.26. The van der Waals surface area contributed by atoms with Crippen LogP contribution in [-0.2, 0) is 9.59 Å². The van der Waals surface area contributed by atoms with E-state index < -0.39 is 23.7 Å². The summed E-state index contributed by atoms with van der Waals surface area (Å²) in [5, 5.41) is 14.2. The number of carbonyl (C=O) groups is 2. The van der Waals surface area contributed by atoms with E-state index >= 15 is 0 Å². The molecule has 0 bridgehead atoms. The predicted octanol–water partition coefficient (Wildman–Crippen LogP) is 0.111. The Morgan fingerprint density at radius 2 is 2.00 bits per heavy atom. The Bertz CT molecular complexity index is 520. The number of aliphatic hydroxyl groups excluding tert-OH is 1. The monoisotopic (exact) mass is 297 g/mol. The van der Waals surface area contributed by atoms with Crippen LogP contribution in [0.3, 0.4) is 0 Å². The zero-order valence-corrected chi connectivity index (χ0v) is 12.3. The van der Waals surface area contributed by atoms with Crippen LogP contribution in [0.4, 0.5) is 10.1 Å². The van der Waals surface area contributed by atoms with Crippen molar-refractivity contribution in [3.05, 3.63) is 29.6 Å². The second-order valence-electron chi connectivity index (χ2n) is 5.04. The van der Waals surface area contributed by atoms with Gasteiger partial charge in [-0.05, 0) is 38.7 Å². The van der Waals surface area contributed by atoms with E-state index in [0.717, 1.165) is 6.07 Å². The third-order valence-corrected chi connectivity index (χ3v) is 2.71. The van der Waals surface area contributed by atoms with Crippen molar-refractivity contribution >= 4 is 17.5 Å². The van der Waals surface area contributed by atoms with E-state index in [9.17, 15) is 19.1 Å². The summed E-state index contributed by atoms with van der Waals surface area (Å²) < 4.78 is 13.3. The number of amides is 2. The summed E-state index contributed by atoms with van der Waals surface area (Å²) >= 11 is 0. The lowest BCUT2D eigenvalue weighted by Crippen LogP contribution is -2.42. The Labute approximate surface area is 122 Å². The molecule has 1 atom stereocenters. The molecule has 0 aliphatic rings. The number of aliphatic hydroxyl groups is 1. The van der Waals surface area contributed by atoms with Gasteiger partial charge in [-0.2, -0.15) is 0 Å². The summed E-state index contributed by atoms with van der Waals surface area (Å²) in [6.07, 6.45) is -0.770. The number of nitrogens with one attached hydrogen (secondary N) is 2. The number of likely N-dealkylation sites (N-methyl/N-ethyl adjacent to an activating group) is 1. The minimum Gasteiger partial charge on any atom is -0.390 e. The highest BCUT2D eigenvalue weighted by molar-refractivity contribution is 6.39. The highest BCUT2D eigenvalue weighted by atomic mass is 19.1. The van der Waals surface area contributed by atoms with Gasteiger partial charge in [-0.3, -0.25) is 9.59 Å². The smallest absolute Gasteiger partial charge is 0.313 e. The average molecular weight is 297 g/mol. The number of aryl methyl sites for hydroxylation is 1. The molecule has 0 aromatic heterocycles. The highest BCUT2D eigenvalue weighted by Gasteiger charge is 2.15. The van der Waals surface area contributed by atoms with E-state index in [4.69, 9.17) is 0 Å². The molecule has 0 aliphatic carbocycles. The van der Waals surface area contributed by atoms with Crippen LogP contribution in [0, 0.1) is 12.7 Å². The van der Waals surface area contributed by atoms with Crippen LogP contribution in [-0.4, -0.2) is 55.1 Å². The predicted molar refractivity (Wildman–Crippen MR) is 77.3 cm³/mol. The van der Waals surface area contributed by atoms with E-state index in [1.165, 1.54) is 12.1 Å². The van der Waals surface area contributed by atoms with Crippen molar-refractivity contribution in [1.82, 2.24) is 10.2 Å². The summed E-state index contributed by atoms with van der Waals surface area (Å²) in [5.41, 5.74) is 0.649. The molecule has 1 aromatic rings. The maximum absolute atomic E-state index is 13.3. The lowest BCUT2D eigenvalue weighted by atomic mass is 10.2. The quantitative estimate of drug-likeness (QED) is 0.674. The van der Waals surface area contributed by atoms with Gasteiger partial charge in [-0.1, -0.05) is 6.07 Å². The third kappa shape index (κ3) is 5.88. The lowest BCUT2D eigenvalue weighted by molar-refractivity contribution is -0.136. The normalized spacial score (nSPS) is 12.1. The number of halogens is 1. The number of benzene rings is 1. The van der Waals surface area contributed by atoms with E-state index in [2.05, 4.69) is 10.6 Å². The number of rotatable bonds is 5. The Morgan fingerprint density at radius 1 is 1.33 bits per heavy atom. The van der Waals surface area contributed by atoms with Gasteiger partial charge < -0.3 is 20.6 Å². The Morgan fingerprint density at radius 3 is 2.57 bits per heavy atom. The largest absolute Gasteiger partial charge is 0.390 e. The maximum atomic E-state index is 13.3. The van der Waals surface area contributed by atoms with Crippen LogP contribution >= 0.6 is 0 Å². The Hall–Kier alpha value is -1.99. The van der Waals surface area contributed by atoms with Crippen LogP contribution in [0.1, 0.15) is 5.56 Å². The van der Waals surface area contributed by atoms with Gasteiger partial charge in [0, 0.05) is 18.8 Å². The molecule has 0 fully saturated rings. The van der Waals surface area contributed by atoms with Crippen molar-refractivity contribution < 1.29 is 19.1 Å². The van der Waals surface area contributed by atoms with Crippen LogP contribution in [0.25, 0.3) is 0 Å². The molecule has 0 radical (unpaired) electrons. The number of hydrogen-bond acceptors (Lipinski definition) is 4. The standard InChI is InChI=1S/C14H20FN3O3/c1-9-4-5-10(6-12(9)15)17-14(21)13(20)16-7-11(19)8-18(2)3/h4-6,11,19H,7-8H2,1-3H3,(H,16,20)(H,17,21)/t11-/m0/s1. The van der Waals surface area contributed by atoms with Crippen LogP contribution in [0.5, 0.6) is 0 Å². The van der Waals surface area contributed by atoms with E-state index in [0.29, 0.717) is 12.1 Å². The van der Waals surface area contributed by atoms with Gasteiger partial charge in [-0.25, -0.2) is 4.39 Å². The molecule has 0 aliphatic heterocycles. The molecule has 1 aromatic carbocycles. The molecular formula is C14H20FN3O3. The van der Waals surface area contributed by atoms with E-state index in [-0.39, 0.29) is 12.2 Å². The topological polar surface area (TPSA) is 81.7 Å². The van der Waals surface area contributed by atoms with Crippen molar-refractivity contribution in [2.45, 2.75) is 13.0 Å². The van der Waals surface area contributed by atoms with Crippen LogP contribution < -0.4 is 10.6 Å². The second kappa shape index (κ2) is 7.70. The van der Waals surface area contributed by atoms with E-state index in [1.54, 1.807) is 25.9 Å². The first-order valence-electron chi connectivity index (χ1n) is 6.47. The number of hydrogen-bond donors (Lipinski definition) is 3. The maximum Gasteiger partial charge on any atom is 0.313 e. The van der Waals surface area contributed by atoms with Crippen molar-refractivity contribution in [2.75, 3.05) is 32.5 Å². The molecule has 116 valence electrons. The summed E-state index contributed by atoms with van der Waals surface area (Å²) in [6, 6.07) is 4.15. The van der Waals surface area contributed by atoms with Crippen LogP contribution in [0.15, 0.2) is 18.2 Å². The van der Waals surface area contributed by atoms with Gasteiger partial charge >= 0.3 is 11.8 Å². The molecule has 7 heteroatoms. The number of nitrogens with zero attached hydrogens (tertiary/aromatic N) is 1. The second-order valence-corrected chi connectivity index (χ2v) is 5.04. The molecule has 3 N–H and O–H groups in total. The Balaban J connectivity index is 2.47. The fourth-order valence-corrected chi connectivity index (χ4v) is 1.64. The van der Waals surface area contributed by atoms with Gasteiger partial charge in [0.1, 0.15) is 5.82 Å². The van der Waals surface area contributed by atoms with Crippen molar-refractivity contribution in [3.8, 4) is 0 Å². The first-order chi connectivity index (χ1) is 9.79. The van der Waals surface area contributed by atoms with Gasteiger partial charge in [0.2, 0.25) is 0 Å². The van der Waals surface area contributed by atoms with Gasteiger partial charge in [-0.15, -0.1) is 0 Å². The summed E-state index contributed by atoms with van der Waals surface area (Å²) in [6.45, 7) is 1.93. The van der Waals surface area contributed by atoms with Gasteiger partial charge in [0.05, 0.1) is 6.10 Å². The first-order valence-corrected chi connectivity index (χ1v) is 6.47. The highest BCUT2D eigenvalue weighted by Crippen LogP contribution is 2.13. The molecule has 0 unspecified atom stereocenters. The molecule has 0 spiro atoms. The first kappa shape index (κ1) is 17.1. The average Bonchev–Trinajstić information content (AvgIpc) is 2.39. The summed E-state index contributed by atoms with van der Waals surface area (Å²) in [4.78, 5) is 24.9. The fraction of sp³-hybridized carbons (Fsp3) is 0.429. The molecule has 6 nitrogen and oxygen atoms in total. The summed E-state index contributed by atoms with van der Waals surface area (Å²) in [7, 11) is 3.56. The summed E-state index contributed by atoms with van der Waals surface area (Å²) in [5.74, 6) is -2.25. The van der Waals surface area contributed by atoms with Crippen molar-refractivity contribution in [2.24, 2.45) is 0 Å². The molecule has 21 heavy (non-hydrogen) atoms. The number of carbonyl (C=O) groups excluding carboxylic acids is 2. The van der Waals surface area contributed by atoms with Crippen LogP contribution in [0.2, 0.25) is 0 Å². The molecule has 0 saturated heterocycles. The fourth-order valence-electron chi connectivity index (χ4n) is 1.64. The van der Waals surface area contributed by atoms with Crippen molar-refractivity contribution in [3.63, 3.8) is 0 Å². The molecule has 0 saturated carbocycles. The number of anilines is 1. The zero-order chi connectivity index (χ0) is 16.0. The molecule has 0 heterocycles. The minimum atomic E-state index is -0.907. The molecular weight excluding hydrogens is 277 g/mol.